The molecule has 0 aliphatic heterocycles. The molecular weight excluding hydrogens is 555 g/mol. The molecule has 0 unspecified atom stereocenters. The fourth-order valence-electron chi connectivity index (χ4n) is 3.62. The molecule has 1 amide bonds. The quantitative estimate of drug-likeness (QED) is 0.136. The number of hydrogen-bond acceptors (Lipinski definition) is 8. The molecule has 0 bridgehead atoms. The summed E-state index contributed by atoms with van der Waals surface area (Å²) in [6.07, 6.45) is 1.44. The van der Waals surface area contributed by atoms with Crippen molar-refractivity contribution in [1.82, 2.24) is 4.90 Å². The lowest BCUT2D eigenvalue weighted by Crippen LogP contribution is -2.30. The van der Waals surface area contributed by atoms with Gasteiger partial charge in [0.2, 0.25) is 0 Å². The number of non-ortho nitro benzene ring substituents is 1. The summed E-state index contributed by atoms with van der Waals surface area (Å²) in [5.41, 5.74) is 0.212. The van der Waals surface area contributed by atoms with E-state index < -0.39 is 26.8 Å². The Morgan fingerprint density at radius 2 is 1.79 bits per heavy atom. The first-order valence-electron chi connectivity index (χ1n) is 11.2. The number of carbonyl (C=O) groups is 1. The van der Waals surface area contributed by atoms with Gasteiger partial charge in [-0.1, -0.05) is 17.7 Å². The third-order valence-electron chi connectivity index (χ3n) is 5.51. The predicted molar refractivity (Wildman–Crippen MR) is 138 cm³/mol. The Morgan fingerprint density at radius 1 is 1.05 bits per heavy atom. The van der Waals surface area contributed by atoms with Crippen LogP contribution in [0.4, 0.5) is 10.1 Å². The first kappa shape index (κ1) is 27.6. The maximum absolute atomic E-state index is 13.5. The molecule has 0 saturated carbocycles. The van der Waals surface area contributed by atoms with Crippen molar-refractivity contribution < 1.29 is 35.9 Å². The van der Waals surface area contributed by atoms with E-state index in [4.69, 9.17) is 24.9 Å². The molecule has 0 aliphatic carbocycles. The van der Waals surface area contributed by atoms with E-state index in [1.165, 1.54) is 42.5 Å². The van der Waals surface area contributed by atoms with Crippen LogP contribution in [0.5, 0.6) is 11.5 Å². The molecule has 39 heavy (non-hydrogen) atoms. The Kier molecular flexibility index (Phi) is 8.17. The van der Waals surface area contributed by atoms with Gasteiger partial charge in [-0.3, -0.25) is 14.9 Å². The monoisotopic (exact) mass is 574 g/mol. The molecule has 0 aliphatic rings. The molecular formula is C26H20ClFN2O8S. The van der Waals surface area contributed by atoms with Crippen LogP contribution in [-0.4, -0.2) is 31.3 Å². The summed E-state index contributed by atoms with van der Waals surface area (Å²) >= 11 is 6.20. The number of amides is 1. The van der Waals surface area contributed by atoms with Crippen LogP contribution in [0.15, 0.2) is 88.4 Å². The molecule has 3 aromatic carbocycles. The minimum atomic E-state index is -4.34. The van der Waals surface area contributed by atoms with Crippen molar-refractivity contribution in [1.29, 1.82) is 0 Å². The summed E-state index contributed by atoms with van der Waals surface area (Å²) in [6.45, 7) is -0.0426. The molecule has 0 fully saturated rings. The highest BCUT2D eigenvalue weighted by atomic mass is 35.5. The number of methoxy groups -OCH3 is 1. The summed E-state index contributed by atoms with van der Waals surface area (Å²) in [4.78, 5) is 25.0. The number of ether oxygens (including phenoxy) is 1. The van der Waals surface area contributed by atoms with Gasteiger partial charge in [0.05, 0.1) is 35.4 Å². The van der Waals surface area contributed by atoms with Gasteiger partial charge in [-0.25, -0.2) is 4.39 Å². The van der Waals surface area contributed by atoms with E-state index in [0.717, 1.165) is 30.3 Å². The summed E-state index contributed by atoms with van der Waals surface area (Å²) < 4.78 is 54.8. The topological polar surface area (TPSA) is 129 Å². The number of benzene rings is 3. The molecule has 1 aromatic heterocycles. The first-order chi connectivity index (χ1) is 18.6. The minimum Gasteiger partial charge on any atom is -0.493 e. The normalized spacial score (nSPS) is 11.2. The lowest BCUT2D eigenvalue weighted by Gasteiger charge is -2.23. The standard InChI is InChI=1S/C26H20ClFN2O8S/c1-36-24-11-4-17(13-25(24)38-39(34,35)21-8-5-18(28)6-9-21)15-29(16-20-3-2-12-37-20)26(31)22-10-7-19(30(32)33)14-23(22)27/h2-14H,15-16H2,1H3. The van der Waals surface area contributed by atoms with Gasteiger partial charge in [0.25, 0.3) is 11.6 Å². The van der Waals surface area contributed by atoms with Crippen LogP contribution in [0, 0.1) is 15.9 Å². The van der Waals surface area contributed by atoms with Gasteiger partial charge in [-0.15, -0.1) is 0 Å². The van der Waals surface area contributed by atoms with Gasteiger partial charge in [-0.2, -0.15) is 8.42 Å². The zero-order valence-corrected chi connectivity index (χ0v) is 21.8. The number of carbonyl (C=O) groups excluding carboxylic acids is 1. The molecule has 4 aromatic rings. The minimum absolute atomic E-state index is 0.00917. The first-order valence-corrected chi connectivity index (χ1v) is 13.0. The molecule has 10 nitrogen and oxygen atoms in total. The van der Waals surface area contributed by atoms with E-state index in [1.807, 2.05) is 0 Å². The molecule has 4 rings (SSSR count). The zero-order chi connectivity index (χ0) is 28.2. The fourth-order valence-corrected chi connectivity index (χ4v) is 4.81. The predicted octanol–water partition coefficient (Wildman–Crippen LogP) is 5.60. The van der Waals surface area contributed by atoms with Gasteiger partial charge < -0.3 is 18.2 Å². The average Bonchev–Trinajstić information content (AvgIpc) is 3.41. The Labute approximate surface area is 227 Å². The van der Waals surface area contributed by atoms with Crippen LogP contribution in [0.25, 0.3) is 0 Å². The van der Waals surface area contributed by atoms with Crippen LogP contribution in [0.2, 0.25) is 5.02 Å². The number of nitrogens with zero attached hydrogens (tertiary/aromatic N) is 2. The van der Waals surface area contributed by atoms with E-state index in [9.17, 15) is 27.7 Å². The van der Waals surface area contributed by atoms with Crippen molar-refractivity contribution in [3.05, 3.63) is 117 Å². The highest BCUT2D eigenvalue weighted by Gasteiger charge is 2.24. The molecule has 0 spiro atoms. The van der Waals surface area contributed by atoms with E-state index >= 15 is 0 Å². The summed E-state index contributed by atoms with van der Waals surface area (Å²) in [5, 5.41) is 11.0. The fraction of sp³-hybridized carbons (Fsp3) is 0.115. The summed E-state index contributed by atoms with van der Waals surface area (Å²) in [5.74, 6) is -0.762. The number of nitro benzene ring substituents is 1. The Bertz CT molecular complexity index is 1610. The van der Waals surface area contributed by atoms with E-state index in [-0.39, 0.29) is 45.8 Å². The SMILES string of the molecule is COc1ccc(CN(Cc2ccco2)C(=O)c2ccc([N+](=O)[O-])cc2Cl)cc1OS(=O)(=O)c1ccc(F)cc1. The average molecular weight is 575 g/mol. The number of hydrogen-bond donors (Lipinski definition) is 0. The molecule has 0 radical (unpaired) electrons. The van der Waals surface area contributed by atoms with Gasteiger partial charge in [0.15, 0.2) is 11.5 Å². The Morgan fingerprint density at radius 3 is 2.41 bits per heavy atom. The maximum atomic E-state index is 13.5. The second-order valence-corrected chi connectivity index (χ2v) is 10.1. The van der Waals surface area contributed by atoms with Crippen LogP contribution >= 0.6 is 11.6 Å². The lowest BCUT2D eigenvalue weighted by molar-refractivity contribution is -0.384. The number of halogens is 2. The molecule has 1 heterocycles. The Hall–Kier alpha value is -4.42. The Balaban J connectivity index is 1.66. The molecule has 0 saturated heterocycles. The van der Waals surface area contributed by atoms with E-state index in [2.05, 4.69) is 0 Å². The van der Waals surface area contributed by atoms with E-state index in [0.29, 0.717) is 11.3 Å². The van der Waals surface area contributed by atoms with Gasteiger partial charge in [0.1, 0.15) is 16.5 Å². The van der Waals surface area contributed by atoms with Crippen LogP contribution in [-0.2, 0) is 23.2 Å². The smallest absolute Gasteiger partial charge is 0.339 e. The summed E-state index contributed by atoms with van der Waals surface area (Å²) in [7, 11) is -3.01. The molecule has 202 valence electrons. The van der Waals surface area contributed by atoms with Gasteiger partial charge >= 0.3 is 10.1 Å². The van der Waals surface area contributed by atoms with Crippen molar-refractivity contribution in [2.45, 2.75) is 18.0 Å². The highest BCUT2D eigenvalue weighted by Crippen LogP contribution is 2.32. The van der Waals surface area contributed by atoms with Crippen molar-refractivity contribution in [2.75, 3.05) is 7.11 Å². The van der Waals surface area contributed by atoms with Crippen molar-refractivity contribution in [3.63, 3.8) is 0 Å². The van der Waals surface area contributed by atoms with E-state index in [1.54, 1.807) is 18.2 Å². The third-order valence-corrected chi connectivity index (χ3v) is 7.07. The van der Waals surface area contributed by atoms with Gasteiger partial charge in [-0.05, 0) is 60.2 Å². The molecule has 13 heteroatoms. The number of rotatable bonds is 10. The lowest BCUT2D eigenvalue weighted by atomic mass is 10.1. The molecule has 0 atom stereocenters. The number of furan rings is 1. The number of nitro groups is 1. The molecule has 0 N–H and O–H groups in total. The van der Waals surface area contributed by atoms with Gasteiger partial charge in [0, 0.05) is 18.7 Å². The second kappa shape index (κ2) is 11.5. The largest absolute Gasteiger partial charge is 0.493 e. The van der Waals surface area contributed by atoms with Crippen LogP contribution < -0.4 is 8.92 Å². The maximum Gasteiger partial charge on any atom is 0.339 e. The second-order valence-electron chi connectivity index (χ2n) is 8.14. The van der Waals surface area contributed by atoms with Crippen molar-refractivity contribution >= 4 is 33.3 Å². The summed E-state index contributed by atoms with van der Waals surface area (Å²) in [6, 6.07) is 15.4. The van der Waals surface area contributed by atoms with Crippen molar-refractivity contribution in [3.8, 4) is 11.5 Å². The third kappa shape index (κ3) is 6.54. The van der Waals surface area contributed by atoms with Crippen molar-refractivity contribution in [2.24, 2.45) is 0 Å². The van der Waals surface area contributed by atoms with Crippen LogP contribution in [0.3, 0.4) is 0 Å². The highest BCUT2D eigenvalue weighted by molar-refractivity contribution is 7.87. The van der Waals surface area contributed by atoms with Crippen LogP contribution in [0.1, 0.15) is 21.7 Å². The zero-order valence-electron chi connectivity index (χ0n) is 20.2.